The lowest BCUT2D eigenvalue weighted by molar-refractivity contribution is -0.143. The highest BCUT2D eigenvalue weighted by molar-refractivity contribution is 8.00. The van der Waals surface area contributed by atoms with Crippen LogP contribution in [-0.4, -0.2) is 48.0 Å². The first-order valence-corrected chi connectivity index (χ1v) is 13.8. The molecule has 0 aromatic heterocycles. The van der Waals surface area contributed by atoms with Crippen LogP contribution in [0, 0.1) is 12.8 Å². The van der Waals surface area contributed by atoms with Gasteiger partial charge in [-0.3, -0.25) is 4.79 Å². The van der Waals surface area contributed by atoms with Crippen LogP contribution in [0.1, 0.15) is 49.3 Å². The summed E-state index contributed by atoms with van der Waals surface area (Å²) >= 11 is 1.75. The number of aliphatic carboxylic acids is 1. The molecule has 2 aliphatic rings. The highest BCUT2D eigenvalue weighted by Gasteiger charge is 2.46. The zero-order chi connectivity index (χ0) is 23.6. The first-order chi connectivity index (χ1) is 15.8. The molecule has 6 nitrogen and oxygen atoms in total. The van der Waals surface area contributed by atoms with Gasteiger partial charge in [0.1, 0.15) is 5.75 Å². The summed E-state index contributed by atoms with van der Waals surface area (Å²) < 4.78 is 34.1. The van der Waals surface area contributed by atoms with Crippen molar-refractivity contribution in [1.82, 2.24) is 4.31 Å². The number of sulfonamides is 1. The van der Waals surface area contributed by atoms with Crippen molar-refractivity contribution in [2.45, 2.75) is 60.5 Å². The molecular formula is C25H31NO5S2. The molecule has 1 heterocycles. The standard InChI is InChI=1S/C25H31NO5S2/c1-17-7-13-21(14-8-17)33(29,30)26-16-22(25(27)28)24(32-20-5-3-4-6-20)15-23(26)18-9-11-19(31-2)12-10-18/h7-14,20,22-24H,3-6,15-16H2,1-2H3,(H,27,28)/t22-,23+,24-/m1/s1. The monoisotopic (exact) mass is 489 g/mol. The van der Waals surface area contributed by atoms with E-state index in [1.165, 1.54) is 17.1 Å². The number of nitrogens with zero attached hydrogens (tertiary/aromatic N) is 1. The molecule has 8 heteroatoms. The van der Waals surface area contributed by atoms with Crippen LogP contribution in [0.25, 0.3) is 0 Å². The molecule has 0 radical (unpaired) electrons. The van der Waals surface area contributed by atoms with Crippen molar-refractivity contribution in [1.29, 1.82) is 0 Å². The molecule has 2 fully saturated rings. The van der Waals surface area contributed by atoms with Gasteiger partial charge in [0.25, 0.3) is 0 Å². The maximum absolute atomic E-state index is 13.7. The van der Waals surface area contributed by atoms with Gasteiger partial charge in [0.05, 0.1) is 24.0 Å². The van der Waals surface area contributed by atoms with Gasteiger partial charge in [-0.1, -0.05) is 42.7 Å². The number of thioether (sulfide) groups is 1. The smallest absolute Gasteiger partial charge is 0.308 e. The van der Waals surface area contributed by atoms with Crippen molar-refractivity contribution in [3.8, 4) is 5.75 Å². The number of aryl methyl sites for hydroxylation is 1. The third-order valence-corrected chi connectivity index (χ3v) is 10.4. The highest BCUT2D eigenvalue weighted by atomic mass is 32.2. The van der Waals surface area contributed by atoms with Crippen molar-refractivity contribution in [3.05, 3.63) is 59.7 Å². The quantitative estimate of drug-likeness (QED) is 0.597. The van der Waals surface area contributed by atoms with Crippen LogP contribution in [0.2, 0.25) is 0 Å². The molecule has 178 valence electrons. The van der Waals surface area contributed by atoms with E-state index < -0.39 is 28.0 Å². The Morgan fingerprint density at radius 1 is 1.06 bits per heavy atom. The fourth-order valence-electron chi connectivity index (χ4n) is 4.84. The molecule has 1 saturated heterocycles. The number of methoxy groups -OCH3 is 1. The Bertz CT molecular complexity index is 1060. The summed E-state index contributed by atoms with van der Waals surface area (Å²) in [5.74, 6) is -0.976. The largest absolute Gasteiger partial charge is 0.497 e. The number of carboxylic acids is 1. The topological polar surface area (TPSA) is 83.9 Å². The molecule has 2 aromatic rings. The average molecular weight is 490 g/mol. The zero-order valence-corrected chi connectivity index (χ0v) is 20.6. The summed E-state index contributed by atoms with van der Waals surface area (Å²) in [6, 6.07) is 13.7. The van der Waals surface area contributed by atoms with E-state index in [0.29, 0.717) is 17.4 Å². The van der Waals surface area contributed by atoms with Crippen LogP contribution in [0.15, 0.2) is 53.4 Å². The maximum Gasteiger partial charge on any atom is 0.308 e. The minimum atomic E-state index is -3.88. The number of rotatable bonds is 7. The number of carbonyl (C=O) groups is 1. The van der Waals surface area contributed by atoms with Crippen LogP contribution < -0.4 is 4.74 Å². The minimum Gasteiger partial charge on any atom is -0.497 e. The lowest BCUT2D eigenvalue weighted by atomic mass is 9.90. The summed E-state index contributed by atoms with van der Waals surface area (Å²) in [6.45, 7) is 1.87. The molecule has 3 atom stereocenters. The van der Waals surface area contributed by atoms with Gasteiger partial charge in [-0.05, 0) is 56.0 Å². The van der Waals surface area contributed by atoms with Gasteiger partial charge in [0.15, 0.2) is 0 Å². The molecule has 33 heavy (non-hydrogen) atoms. The number of hydrogen-bond acceptors (Lipinski definition) is 5. The molecule has 1 saturated carbocycles. The summed E-state index contributed by atoms with van der Waals surface area (Å²) in [7, 11) is -2.29. The Labute approximate surface area is 200 Å². The first-order valence-electron chi connectivity index (χ1n) is 11.4. The second kappa shape index (κ2) is 10.1. The van der Waals surface area contributed by atoms with Gasteiger partial charge in [0, 0.05) is 17.0 Å². The lowest BCUT2D eigenvalue weighted by Gasteiger charge is -2.42. The van der Waals surface area contributed by atoms with Gasteiger partial charge in [0.2, 0.25) is 10.0 Å². The van der Waals surface area contributed by atoms with Crippen LogP contribution in [0.5, 0.6) is 5.75 Å². The predicted molar refractivity (Wildman–Crippen MR) is 130 cm³/mol. The van der Waals surface area contributed by atoms with Gasteiger partial charge in [-0.25, -0.2) is 8.42 Å². The number of benzene rings is 2. The molecule has 0 bridgehead atoms. The second-order valence-electron chi connectivity index (χ2n) is 8.94. The van der Waals surface area contributed by atoms with E-state index in [1.807, 2.05) is 31.2 Å². The summed E-state index contributed by atoms with van der Waals surface area (Å²) in [5, 5.41) is 10.4. The van der Waals surface area contributed by atoms with E-state index in [4.69, 9.17) is 4.74 Å². The van der Waals surface area contributed by atoms with Crippen LogP contribution in [0.4, 0.5) is 0 Å². The van der Waals surface area contributed by atoms with E-state index in [0.717, 1.165) is 24.0 Å². The molecular weight excluding hydrogens is 458 g/mol. The Morgan fingerprint density at radius 2 is 1.70 bits per heavy atom. The van der Waals surface area contributed by atoms with Gasteiger partial charge < -0.3 is 9.84 Å². The molecule has 1 aliphatic carbocycles. The van der Waals surface area contributed by atoms with E-state index in [9.17, 15) is 18.3 Å². The average Bonchev–Trinajstić information content (AvgIpc) is 3.32. The Kier molecular flexibility index (Phi) is 7.36. The maximum atomic E-state index is 13.7. The van der Waals surface area contributed by atoms with Gasteiger partial charge in [-0.15, -0.1) is 0 Å². The molecule has 1 N–H and O–H groups in total. The van der Waals surface area contributed by atoms with Crippen molar-refractivity contribution < 1.29 is 23.1 Å². The number of carboxylic acid groups (broad SMARTS) is 1. The first kappa shape index (κ1) is 24.1. The summed E-state index contributed by atoms with van der Waals surface area (Å²) in [6.07, 6.45) is 5.03. The van der Waals surface area contributed by atoms with Crippen molar-refractivity contribution >= 4 is 27.8 Å². The molecule has 0 unspecified atom stereocenters. The molecule has 4 rings (SSSR count). The van der Waals surface area contributed by atoms with E-state index in [1.54, 1.807) is 43.1 Å². The SMILES string of the molecule is COc1ccc([C@@H]2C[C@@H](SC3CCCC3)[C@H](C(=O)O)CN2S(=O)(=O)c2ccc(C)cc2)cc1. The second-order valence-corrected chi connectivity index (χ2v) is 12.4. The van der Waals surface area contributed by atoms with Crippen LogP contribution >= 0.6 is 11.8 Å². The Hall–Kier alpha value is -2.03. The predicted octanol–water partition coefficient (Wildman–Crippen LogP) is 4.88. The Morgan fingerprint density at radius 3 is 2.27 bits per heavy atom. The third-order valence-electron chi connectivity index (χ3n) is 6.74. The molecule has 1 aliphatic heterocycles. The van der Waals surface area contributed by atoms with Crippen LogP contribution in [-0.2, 0) is 14.8 Å². The molecule has 0 spiro atoms. The fraction of sp³-hybridized carbons (Fsp3) is 0.480. The number of piperidine rings is 1. The lowest BCUT2D eigenvalue weighted by Crippen LogP contribution is -2.49. The molecule has 2 aromatic carbocycles. The van der Waals surface area contributed by atoms with Gasteiger partial charge >= 0.3 is 5.97 Å². The van der Waals surface area contributed by atoms with Crippen molar-refractivity contribution in [2.24, 2.45) is 5.92 Å². The highest BCUT2D eigenvalue weighted by Crippen LogP contribution is 2.45. The summed E-state index contributed by atoms with van der Waals surface area (Å²) in [4.78, 5) is 12.5. The fourth-order valence-corrected chi connectivity index (χ4v) is 8.28. The van der Waals surface area contributed by atoms with Crippen molar-refractivity contribution in [2.75, 3.05) is 13.7 Å². The van der Waals surface area contributed by atoms with E-state index >= 15 is 0 Å². The number of hydrogen-bond donors (Lipinski definition) is 1. The molecule has 0 amide bonds. The van der Waals surface area contributed by atoms with E-state index in [-0.39, 0.29) is 16.7 Å². The van der Waals surface area contributed by atoms with Crippen LogP contribution in [0.3, 0.4) is 0 Å². The van der Waals surface area contributed by atoms with Crippen molar-refractivity contribution in [3.63, 3.8) is 0 Å². The zero-order valence-electron chi connectivity index (χ0n) is 19.0. The number of ether oxygens (including phenoxy) is 1. The third kappa shape index (κ3) is 5.23. The summed E-state index contributed by atoms with van der Waals surface area (Å²) in [5.41, 5.74) is 1.82. The minimum absolute atomic E-state index is 0.0351. The van der Waals surface area contributed by atoms with E-state index in [2.05, 4.69) is 0 Å². The normalized spacial score (nSPS) is 24.6. The Balaban J connectivity index is 1.72. The van der Waals surface area contributed by atoms with Gasteiger partial charge in [-0.2, -0.15) is 16.1 Å².